The van der Waals surface area contributed by atoms with Crippen molar-refractivity contribution in [3.63, 3.8) is 0 Å². The summed E-state index contributed by atoms with van der Waals surface area (Å²) < 4.78 is 5.27. The molecule has 3 N–H and O–H groups in total. The van der Waals surface area contributed by atoms with E-state index in [0.29, 0.717) is 11.4 Å². The van der Waals surface area contributed by atoms with Crippen LogP contribution in [0.5, 0.6) is 5.75 Å². The molecule has 0 aliphatic rings. The molecule has 0 bridgehead atoms. The molecule has 0 spiro atoms. The molecule has 0 radical (unpaired) electrons. The lowest BCUT2D eigenvalue weighted by Crippen LogP contribution is -2.22. The summed E-state index contributed by atoms with van der Waals surface area (Å²) in [6.45, 7) is 1.49. The predicted octanol–water partition coefficient (Wildman–Crippen LogP) is 2.79. The Morgan fingerprint density at radius 2 is 1.84 bits per heavy atom. The molecular weight excluding hydrogens is 242 g/mol. The maximum atomic E-state index is 10.7. The Bertz CT molecular complexity index is 578. The predicted molar refractivity (Wildman–Crippen MR) is 74.0 cm³/mol. The highest BCUT2D eigenvalue weighted by molar-refractivity contribution is 5.72. The van der Waals surface area contributed by atoms with Gasteiger partial charge in [0.1, 0.15) is 5.75 Å². The zero-order valence-corrected chi connectivity index (χ0v) is 10.5. The topological polar surface area (TPSA) is 72.5 Å². The summed E-state index contributed by atoms with van der Waals surface area (Å²) >= 11 is 0. The Balaban J connectivity index is 2.17. The van der Waals surface area contributed by atoms with Crippen LogP contribution in [-0.2, 0) is 4.79 Å². The minimum atomic E-state index is -0.986. The SMILES string of the molecule is CC(Oc1ccc(-c2cccc(N)c2)cc1)C(=O)O. The van der Waals surface area contributed by atoms with Crippen molar-refractivity contribution in [1.82, 2.24) is 0 Å². The summed E-state index contributed by atoms with van der Waals surface area (Å²) in [6, 6.07) is 14.8. The van der Waals surface area contributed by atoms with Gasteiger partial charge in [0.2, 0.25) is 0 Å². The normalized spacial score (nSPS) is 11.8. The molecule has 19 heavy (non-hydrogen) atoms. The minimum Gasteiger partial charge on any atom is -0.479 e. The summed E-state index contributed by atoms with van der Waals surface area (Å²) in [6.07, 6.45) is -0.863. The largest absolute Gasteiger partial charge is 0.479 e. The smallest absolute Gasteiger partial charge is 0.344 e. The van der Waals surface area contributed by atoms with Gasteiger partial charge in [0.05, 0.1) is 0 Å². The summed E-state index contributed by atoms with van der Waals surface area (Å²) in [7, 11) is 0. The fourth-order valence-corrected chi connectivity index (χ4v) is 1.70. The molecular formula is C15H15NO3. The first-order valence-corrected chi connectivity index (χ1v) is 5.91. The van der Waals surface area contributed by atoms with Crippen LogP contribution in [0.15, 0.2) is 48.5 Å². The molecule has 2 aromatic rings. The molecule has 0 amide bonds. The number of nitrogen functional groups attached to an aromatic ring is 1. The number of anilines is 1. The molecule has 0 aliphatic carbocycles. The van der Waals surface area contributed by atoms with E-state index in [-0.39, 0.29) is 0 Å². The number of benzene rings is 2. The maximum absolute atomic E-state index is 10.7. The van der Waals surface area contributed by atoms with Crippen LogP contribution in [0.3, 0.4) is 0 Å². The Kier molecular flexibility index (Phi) is 3.71. The summed E-state index contributed by atoms with van der Waals surface area (Å²) in [4.78, 5) is 10.7. The van der Waals surface area contributed by atoms with Crippen LogP contribution < -0.4 is 10.5 Å². The molecule has 1 unspecified atom stereocenters. The van der Waals surface area contributed by atoms with Crippen LogP contribution in [0.25, 0.3) is 11.1 Å². The first-order valence-electron chi connectivity index (χ1n) is 5.91. The molecule has 98 valence electrons. The molecule has 4 nitrogen and oxygen atoms in total. The van der Waals surface area contributed by atoms with Gasteiger partial charge in [-0.05, 0) is 42.3 Å². The third-order valence-electron chi connectivity index (χ3n) is 2.73. The fraction of sp³-hybridized carbons (Fsp3) is 0.133. The van der Waals surface area contributed by atoms with E-state index in [2.05, 4.69) is 0 Å². The molecule has 0 saturated carbocycles. The zero-order chi connectivity index (χ0) is 13.8. The lowest BCUT2D eigenvalue weighted by molar-refractivity contribution is -0.144. The van der Waals surface area contributed by atoms with Crippen molar-refractivity contribution in [2.24, 2.45) is 0 Å². The molecule has 0 saturated heterocycles. The van der Waals surface area contributed by atoms with Gasteiger partial charge in [-0.15, -0.1) is 0 Å². The lowest BCUT2D eigenvalue weighted by Gasteiger charge is -2.11. The van der Waals surface area contributed by atoms with Crippen molar-refractivity contribution < 1.29 is 14.6 Å². The highest BCUT2D eigenvalue weighted by Crippen LogP contribution is 2.24. The second-order valence-corrected chi connectivity index (χ2v) is 4.25. The summed E-state index contributed by atoms with van der Waals surface area (Å²) in [5.41, 5.74) is 8.46. The molecule has 2 rings (SSSR count). The van der Waals surface area contributed by atoms with E-state index < -0.39 is 12.1 Å². The second kappa shape index (κ2) is 5.44. The number of carboxylic acids is 1. The van der Waals surface area contributed by atoms with E-state index >= 15 is 0 Å². The molecule has 2 aromatic carbocycles. The molecule has 0 aromatic heterocycles. The van der Waals surface area contributed by atoms with E-state index in [9.17, 15) is 4.79 Å². The van der Waals surface area contributed by atoms with E-state index in [4.69, 9.17) is 15.6 Å². The van der Waals surface area contributed by atoms with Crippen LogP contribution in [0, 0.1) is 0 Å². The van der Waals surface area contributed by atoms with Gasteiger partial charge in [0, 0.05) is 5.69 Å². The zero-order valence-electron chi connectivity index (χ0n) is 10.5. The van der Waals surface area contributed by atoms with Crippen molar-refractivity contribution in [3.05, 3.63) is 48.5 Å². The van der Waals surface area contributed by atoms with Crippen LogP contribution in [-0.4, -0.2) is 17.2 Å². The Morgan fingerprint density at radius 1 is 1.16 bits per heavy atom. The van der Waals surface area contributed by atoms with Crippen LogP contribution in [0.2, 0.25) is 0 Å². The van der Waals surface area contributed by atoms with Crippen LogP contribution in [0.1, 0.15) is 6.92 Å². The number of ether oxygens (including phenoxy) is 1. The van der Waals surface area contributed by atoms with E-state index in [1.165, 1.54) is 6.92 Å². The van der Waals surface area contributed by atoms with Gasteiger partial charge in [-0.3, -0.25) is 0 Å². The monoisotopic (exact) mass is 257 g/mol. The van der Waals surface area contributed by atoms with Crippen LogP contribution in [0.4, 0.5) is 5.69 Å². The standard InChI is InChI=1S/C15H15NO3/c1-10(15(17)18)19-14-7-5-11(6-8-14)12-3-2-4-13(16)9-12/h2-10H,16H2,1H3,(H,17,18). The number of carboxylic acid groups (broad SMARTS) is 1. The van der Waals surface area contributed by atoms with Crippen molar-refractivity contribution in [1.29, 1.82) is 0 Å². The third kappa shape index (κ3) is 3.25. The number of carbonyl (C=O) groups is 1. The summed E-state index contributed by atoms with van der Waals surface area (Å²) in [5.74, 6) is -0.456. The van der Waals surface area contributed by atoms with E-state index in [1.54, 1.807) is 12.1 Å². The van der Waals surface area contributed by atoms with Crippen molar-refractivity contribution >= 4 is 11.7 Å². The highest BCUT2D eigenvalue weighted by Gasteiger charge is 2.12. The number of aliphatic carboxylic acids is 1. The maximum Gasteiger partial charge on any atom is 0.344 e. The molecule has 1 atom stereocenters. The molecule has 0 heterocycles. The van der Waals surface area contributed by atoms with Gasteiger partial charge in [0.15, 0.2) is 6.10 Å². The number of hydrogen-bond donors (Lipinski definition) is 2. The average molecular weight is 257 g/mol. The molecule has 0 fully saturated rings. The molecule has 0 aliphatic heterocycles. The Morgan fingerprint density at radius 3 is 2.42 bits per heavy atom. The van der Waals surface area contributed by atoms with E-state index in [0.717, 1.165) is 11.1 Å². The Hall–Kier alpha value is -2.49. The number of nitrogens with two attached hydrogens (primary N) is 1. The highest BCUT2D eigenvalue weighted by atomic mass is 16.5. The second-order valence-electron chi connectivity index (χ2n) is 4.25. The molecule has 4 heteroatoms. The van der Waals surface area contributed by atoms with Crippen molar-refractivity contribution in [3.8, 4) is 16.9 Å². The minimum absolute atomic E-state index is 0.530. The van der Waals surface area contributed by atoms with E-state index in [1.807, 2.05) is 36.4 Å². The lowest BCUT2D eigenvalue weighted by atomic mass is 10.1. The van der Waals surface area contributed by atoms with Gasteiger partial charge in [-0.1, -0.05) is 24.3 Å². The average Bonchev–Trinajstić information content (AvgIpc) is 2.39. The quantitative estimate of drug-likeness (QED) is 0.826. The number of hydrogen-bond acceptors (Lipinski definition) is 3. The van der Waals surface area contributed by atoms with Gasteiger partial charge in [0.25, 0.3) is 0 Å². The van der Waals surface area contributed by atoms with Gasteiger partial charge < -0.3 is 15.6 Å². The fourth-order valence-electron chi connectivity index (χ4n) is 1.70. The first-order chi connectivity index (χ1) is 9.06. The third-order valence-corrected chi connectivity index (χ3v) is 2.73. The van der Waals surface area contributed by atoms with Gasteiger partial charge in [-0.25, -0.2) is 4.79 Å². The van der Waals surface area contributed by atoms with Crippen molar-refractivity contribution in [2.75, 3.05) is 5.73 Å². The number of rotatable bonds is 4. The van der Waals surface area contributed by atoms with Gasteiger partial charge in [-0.2, -0.15) is 0 Å². The first kappa shape index (κ1) is 13.0. The summed E-state index contributed by atoms with van der Waals surface area (Å²) in [5, 5.41) is 8.77. The Labute approximate surface area is 111 Å². The van der Waals surface area contributed by atoms with Gasteiger partial charge >= 0.3 is 5.97 Å². The van der Waals surface area contributed by atoms with Crippen molar-refractivity contribution in [2.45, 2.75) is 13.0 Å². The van der Waals surface area contributed by atoms with Crippen LogP contribution >= 0.6 is 0 Å².